The summed E-state index contributed by atoms with van der Waals surface area (Å²) in [6.45, 7) is 0.705. The molecule has 0 atom stereocenters. The van der Waals surface area contributed by atoms with E-state index in [1.54, 1.807) is 7.11 Å². The minimum Gasteiger partial charge on any atom is -0.496 e. The quantitative estimate of drug-likeness (QED) is 0.768. The number of hydrogen-bond donors (Lipinski definition) is 1. The maximum absolute atomic E-state index is 10.4. The molecule has 86 valence electrons. The van der Waals surface area contributed by atoms with Crippen molar-refractivity contribution in [1.29, 1.82) is 0 Å². The van der Waals surface area contributed by atoms with Crippen LogP contribution in [0, 0.1) is 0 Å². The van der Waals surface area contributed by atoms with E-state index < -0.39 is 0 Å². The van der Waals surface area contributed by atoms with Gasteiger partial charge in [0, 0.05) is 17.5 Å². The number of amides is 1. The molecule has 1 aromatic carbocycles. The molecule has 0 unspecified atom stereocenters. The Kier molecular flexibility index (Phi) is 3.13. The maximum Gasteiger partial charge on any atom is 0.207 e. The fraction of sp³-hybridized carbons (Fsp3) is 0.462. The van der Waals surface area contributed by atoms with Crippen molar-refractivity contribution in [3.8, 4) is 5.75 Å². The van der Waals surface area contributed by atoms with Crippen LogP contribution in [0.5, 0.6) is 5.75 Å². The predicted octanol–water partition coefficient (Wildman–Crippen LogP) is 1.86. The molecule has 0 spiro atoms. The van der Waals surface area contributed by atoms with Crippen molar-refractivity contribution < 1.29 is 9.53 Å². The van der Waals surface area contributed by atoms with E-state index in [1.165, 1.54) is 12.0 Å². The first kappa shape index (κ1) is 11.0. The number of nitrogens with one attached hydrogen (secondary N) is 1. The van der Waals surface area contributed by atoms with E-state index >= 15 is 0 Å². The summed E-state index contributed by atoms with van der Waals surface area (Å²) in [6.07, 6.45) is 4.23. The molecule has 1 amide bonds. The van der Waals surface area contributed by atoms with Crippen molar-refractivity contribution in [3.05, 3.63) is 29.8 Å². The molecule has 0 heterocycles. The number of rotatable bonds is 5. The lowest BCUT2D eigenvalue weighted by Gasteiger charge is -2.42. The largest absolute Gasteiger partial charge is 0.496 e. The van der Waals surface area contributed by atoms with Crippen LogP contribution in [-0.4, -0.2) is 20.1 Å². The first-order chi connectivity index (χ1) is 7.82. The van der Waals surface area contributed by atoms with Crippen molar-refractivity contribution in [2.24, 2.45) is 0 Å². The van der Waals surface area contributed by atoms with E-state index in [0.29, 0.717) is 6.54 Å². The minimum absolute atomic E-state index is 0.0908. The van der Waals surface area contributed by atoms with Crippen LogP contribution in [0.15, 0.2) is 24.3 Å². The van der Waals surface area contributed by atoms with Crippen molar-refractivity contribution >= 4 is 6.41 Å². The standard InChI is InChI=1S/C13H17NO2/c1-16-12-6-3-2-5-11(12)13(7-4-8-13)9-14-10-15/h2-3,5-6,10H,4,7-9H2,1H3,(H,14,15). The zero-order valence-electron chi connectivity index (χ0n) is 9.53. The second-order valence-corrected chi connectivity index (χ2v) is 4.33. The van der Waals surface area contributed by atoms with Gasteiger partial charge >= 0.3 is 0 Å². The SMILES string of the molecule is COc1ccccc1C1(CNC=O)CCC1. The van der Waals surface area contributed by atoms with E-state index in [-0.39, 0.29) is 5.41 Å². The van der Waals surface area contributed by atoms with E-state index in [0.717, 1.165) is 25.0 Å². The zero-order chi connectivity index (χ0) is 11.4. The van der Waals surface area contributed by atoms with E-state index in [9.17, 15) is 4.79 Å². The Morgan fingerprint density at radius 3 is 2.75 bits per heavy atom. The molecular weight excluding hydrogens is 202 g/mol. The summed E-state index contributed by atoms with van der Waals surface area (Å²) in [5, 5.41) is 2.80. The normalized spacial score (nSPS) is 17.3. The van der Waals surface area contributed by atoms with Gasteiger partial charge in [0.05, 0.1) is 7.11 Å². The number of ether oxygens (including phenoxy) is 1. The molecule has 1 N–H and O–H groups in total. The Morgan fingerprint density at radius 1 is 1.44 bits per heavy atom. The first-order valence-electron chi connectivity index (χ1n) is 5.63. The smallest absolute Gasteiger partial charge is 0.207 e. The van der Waals surface area contributed by atoms with E-state index in [4.69, 9.17) is 4.74 Å². The second-order valence-electron chi connectivity index (χ2n) is 4.33. The molecular formula is C13H17NO2. The molecule has 1 saturated carbocycles. The summed E-state index contributed by atoms with van der Waals surface area (Å²) in [4.78, 5) is 10.4. The molecule has 2 rings (SSSR count). The highest BCUT2D eigenvalue weighted by Gasteiger charge is 2.40. The molecule has 16 heavy (non-hydrogen) atoms. The number of carbonyl (C=O) groups excluding carboxylic acids is 1. The highest BCUT2D eigenvalue weighted by molar-refractivity contribution is 5.48. The second kappa shape index (κ2) is 4.56. The molecule has 1 aliphatic rings. The monoisotopic (exact) mass is 219 g/mol. The van der Waals surface area contributed by atoms with Crippen LogP contribution < -0.4 is 10.1 Å². The fourth-order valence-electron chi connectivity index (χ4n) is 2.46. The Balaban J connectivity index is 2.28. The summed E-state index contributed by atoms with van der Waals surface area (Å²) in [5.41, 5.74) is 1.31. The lowest BCUT2D eigenvalue weighted by molar-refractivity contribution is -0.109. The lowest BCUT2D eigenvalue weighted by Crippen LogP contribution is -2.43. The van der Waals surface area contributed by atoms with E-state index in [1.807, 2.05) is 18.2 Å². The summed E-state index contributed by atoms with van der Waals surface area (Å²) in [7, 11) is 1.69. The van der Waals surface area contributed by atoms with Gasteiger partial charge in [-0.1, -0.05) is 24.6 Å². The molecule has 1 aromatic rings. The van der Waals surface area contributed by atoms with Crippen LogP contribution in [0.4, 0.5) is 0 Å². The Hall–Kier alpha value is -1.51. The van der Waals surface area contributed by atoms with Crippen LogP contribution >= 0.6 is 0 Å². The number of benzene rings is 1. The molecule has 0 aliphatic heterocycles. The average Bonchev–Trinajstić information content (AvgIpc) is 2.28. The maximum atomic E-state index is 10.4. The van der Waals surface area contributed by atoms with Crippen molar-refractivity contribution in [2.45, 2.75) is 24.7 Å². The summed E-state index contributed by atoms with van der Waals surface area (Å²) >= 11 is 0. The molecule has 1 fully saturated rings. The summed E-state index contributed by atoms with van der Waals surface area (Å²) < 4.78 is 5.39. The average molecular weight is 219 g/mol. The third-order valence-electron chi connectivity index (χ3n) is 3.51. The topological polar surface area (TPSA) is 38.3 Å². The van der Waals surface area contributed by atoms with Crippen LogP contribution in [0.1, 0.15) is 24.8 Å². The first-order valence-corrected chi connectivity index (χ1v) is 5.63. The molecule has 0 aromatic heterocycles. The lowest BCUT2D eigenvalue weighted by atomic mass is 9.64. The number of methoxy groups -OCH3 is 1. The van der Waals surface area contributed by atoms with Gasteiger partial charge in [0.1, 0.15) is 5.75 Å². The fourth-order valence-corrected chi connectivity index (χ4v) is 2.46. The van der Waals surface area contributed by atoms with Crippen LogP contribution in [0.25, 0.3) is 0 Å². The molecule has 3 nitrogen and oxygen atoms in total. The van der Waals surface area contributed by atoms with E-state index in [2.05, 4.69) is 11.4 Å². The van der Waals surface area contributed by atoms with Gasteiger partial charge in [0.15, 0.2) is 0 Å². The van der Waals surface area contributed by atoms with Crippen molar-refractivity contribution in [1.82, 2.24) is 5.32 Å². The number of hydrogen-bond acceptors (Lipinski definition) is 2. The summed E-state index contributed by atoms with van der Waals surface area (Å²) in [5.74, 6) is 0.926. The van der Waals surface area contributed by atoms with Gasteiger partial charge in [-0.25, -0.2) is 0 Å². The Morgan fingerprint density at radius 2 is 2.19 bits per heavy atom. The van der Waals surface area contributed by atoms with Gasteiger partial charge in [-0.05, 0) is 18.9 Å². The molecule has 1 aliphatic carbocycles. The minimum atomic E-state index is 0.0908. The van der Waals surface area contributed by atoms with Crippen molar-refractivity contribution in [3.63, 3.8) is 0 Å². The number of carbonyl (C=O) groups is 1. The Bertz CT molecular complexity index is 372. The van der Waals surface area contributed by atoms with Crippen LogP contribution in [0.2, 0.25) is 0 Å². The highest BCUT2D eigenvalue weighted by atomic mass is 16.5. The predicted molar refractivity (Wildman–Crippen MR) is 62.6 cm³/mol. The molecule has 0 radical (unpaired) electrons. The van der Waals surface area contributed by atoms with Gasteiger partial charge in [0.25, 0.3) is 0 Å². The highest BCUT2D eigenvalue weighted by Crippen LogP contribution is 2.46. The van der Waals surface area contributed by atoms with Crippen LogP contribution in [-0.2, 0) is 10.2 Å². The molecule has 0 bridgehead atoms. The third kappa shape index (κ3) is 1.77. The van der Waals surface area contributed by atoms with Gasteiger partial charge in [0.2, 0.25) is 6.41 Å². The van der Waals surface area contributed by atoms with Crippen molar-refractivity contribution in [2.75, 3.05) is 13.7 Å². The number of para-hydroxylation sites is 1. The molecule has 0 saturated heterocycles. The Labute approximate surface area is 95.8 Å². The summed E-state index contributed by atoms with van der Waals surface area (Å²) in [6, 6.07) is 8.08. The van der Waals surface area contributed by atoms with Gasteiger partial charge in [-0.2, -0.15) is 0 Å². The zero-order valence-corrected chi connectivity index (χ0v) is 9.53. The molecule has 3 heteroatoms. The third-order valence-corrected chi connectivity index (χ3v) is 3.51. The van der Waals surface area contributed by atoms with Crippen LogP contribution in [0.3, 0.4) is 0 Å². The van der Waals surface area contributed by atoms with Gasteiger partial charge in [-0.15, -0.1) is 0 Å². The van der Waals surface area contributed by atoms with Gasteiger partial charge in [-0.3, -0.25) is 4.79 Å². The van der Waals surface area contributed by atoms with Gasteiger partial charge < -0.3 is 10.1 Å².